The summed E-state index contributed by atoms with van der Waals surface area (Å²) in [5, 5.41) is 8.95. The summed E-state index contributed by atoms with van der Waals surface area (Å²) in [7, 11) is 0. The second kappa shape index (κ2) is 10.2. The van der Waals surface area contributed by atoms with E-state index in [1.54, 1.807) is 20.8 Å². The molecule has 0 unspecified atom stereocenters. The van der Waals surface area contributed by atoms with Crippen LogP contribution >= 0.6 is 0 Å². The predicted octanol–water partition coefficient (Wildman–Crippen LogP) is 5.29. The van der Waals surface area contributed by atoms with Gasteiger partial charge in [0.2, 0.25) is 5.96 Å². The van der Waals surface area contributed by atoms with E-state index in [0.29, 0.717) is 12.5 Å². The summed E-state index contributed by atoms with van der Waals surface area (Å²) in [6.45, 7) is 13.3. The van der Waals surface area contributed by atoms with Crippen LogP contribution in [0.3, 0.4) is 0 Å². The van der Waals surface area contributed by atoms with E-state index in [1.807, 2.05) is 52.0 Å². The van der Waals surface area contributed by atoms with Crippen molar-refractivity contribution < 1.29 is 19.1 Å². The molecule has 32 heavy (non-hydrogen) atoms. The van der Waals surface area contributed by atoms with Gasteiger partial charge >= 0.3 is 12.2 Å². The number of rotatable bonds is 4. The van der Waals surface area contributed by atoms with Crippen molar-refractivity contribution in [2.75, 3.05) is 11.9 Å². The molecule has 0 saturated heterocycles. The first-order chi connectivity index (χ1) is 14.8. The first-order valence-electron chi connectivity index (χ1n) is 11.3. The fourth-order valence-corrected chi connectivity index (χ4v) is 3.66. The number of ether oxygens (including phenoxy) is 2. The summed E-state index contributed by atoms with van der Waals surface area (Å²) >= 11 is 0. The molecule has 1 aliphatic rings. The van der Waals surface area contributed by atoms with Gasteiger partial charge in [0.1, 0.15) is 11.2 Å². The topological polar surface area (TPSA) is 101 Å². The Morgan fingerprint density at radius 3 is 2.16 bits per heavy atom. The number of alkyl carbamates (subject to hydrolysis) is 2. The average molecular weight is 447 g/mol. The van der Waals surface area contributed by atoms with Gasteiger partial charge in [0, 0.05) is 12.2 Å². The molecule has 1 aromatic rings. The summed E-state index contributed by atoms with van der Waals surface area (Å²) in [6.07, 6.45) is 2.72. The second-order valence-electron chi connectivity index (χ2n) is 10.1. The van der Waals surface area contributed by atoms with Gasteiger partial charge in [0.25, 0.3) is 0 Å². The van der Waals surface area contributed by atoms with Gasteiger partial charge in [-0.3, -0.25) is 10.3 Å². The maximum atomic E-state index is 12.5. The quantitative estimate of drug-likeness (QED) is 0.431. The lowest BCUT2D eigenvalue weighted by molar-refractivity contribution is 0.0452. The molecule has 0 atom stereocenters. The van der Waals surface area contributed by atoms with Crippen LogP contribution in [0.25, 0.3) is 0 Å². The monoisotopic (exact) mass is 446 g/mol. The van der Waals surface area contributed by atoms with Crippen LogP contribution in [0.1, 0.15) is 79.7 Å². The Morgan fingerprint density at radius 2 is 1.59 bits per heavy atom. The average Bonchev–Trinajstić information content (AvgIpc) is 3.08. The van der Waals surface area contributed by atoms with Crippen molar-refractivity contribution in [1.82, 2.24) is 10.6 Å². The van der Waals surface area contributed by atoms with Gasteiger partial charge in [0.05, 0.1) is 5.54 Å². The van der Waals surface area contributed by atoms with Gasteiger partial charge in [0.15, 0.2) is 0 Å². The minimum atomic E-state index is -0.608. The molecule has 0 bridgehead atoms. The number of guanidine groups is 1. The summed E-state index contributed by atoms with van der Waals surface area (Å²) in [5.74, 6) is 0.305. The second-order valence-corrected chi connectivity index (χ2v) is 10.1. The Morgan fingerprint density at radius 1 is 1.00 bits per heavy atom. The molecule has 0 spiro atoms. The molecule has 3 N–H and O–H groups in total. The van der Waals surface area contributed by atoms with Crippen LogP contribution in [0.2, 0.25) is 0 Å². The summed E-state index contributed by atoms with van der Waals surface area (Å²) in [5.41, 5.74) is 0.0815. The van der Waals surface area contributed by atoms with E-state index < -0.39 is 28.9 Å². The lowest BCUT2D eigenvalue weighted by Gasteiger charge is -2.32. The molecule has 0 aromatic heterocycles. The predicted molar refractivity (Wildman–Crippen MR) is 127 cm³/mol. The van der Waals surface area contributed by atoms with E-state index in [4.69, 9.17) is 9.47 Å². The van der Waals surface area contributed by atoms with Crippen LogP contribution in [-0.4, -0.2) is 35.9 Å². The zero-order chi connectivity index (χ0) is 24.0. The number of hydrogen-bond acceptors (Lipinski definition) is 5. The summed E-state index contributed by atoms with van der Waals surface area (Å²) < 4.78 is 10.8. The number of anilines is 1. The SMILES string of the molecule is CC/N=C(/NC(=O)OC(C)(C)C)Nc1cccc(C2(NC(=O)OC(C)(C)C)CCCC2)c1. The van der Waals surface area contributed by atoms with Crippen LogP contribution < -0.4 is 16.0 Å². The third kappa shape index (κ3) is 8.05. The largest absolute Gasteiger partial charge is 0.444 e. The Kier molecular flexibility index (Phi) is 8.15. The third-order valence-electron chi connectivity index (χ3n) is 4.81. The fourth-order valence-electron chi connectivity index (χ4n) is 3.66. The van der Waals surface area contributed by atoms with Crippen molar-refractivity contribution in [2.45, 2.75) is 90.9 Å². The Bertz CT molecular complexity index is 831. The van der Waals surface area contributed by atoms with Gasteiger partial charge in [-0.25, -0.2) is 9.59 Å². The number of benzene rings is 1. The van der Waals surface area contributed by atoms with Crippen LogP contribution in [0, 0.1) is 0 Å². The molecular formula is C24H38N4O4. The standard InChI is InChI=1S/C24H38N4O4/c1-8-25-19(27-20(29)31-22(2,3)4)26-18-13-11-12-17(16-18)24(14-9-10-15-24)28-21(30)32-23(5,6)7/h11-13,16H,8-10,14-15H2,1-7H3,(H,28,30)(H2,25,26,27,29). The maximum Gasteiger partial charge on any atom is 0.414 e. The van der Waals surface area contributed by atoms with E-state index in [0.717, 1.165) is 36.9 Å². The number of carbonyl (C=O) groups excluding carboxylic acids is 2. The molecule has 1 fully saturated rings. The van der Waals surface area contributed by atoms with Crippen LogP contribution in [-0.2, 0) is 15.0 Å². The van der Waals surface area contributed by atoms with Crippen LogP contribution in [0.15, 0.2) is 29.3 Å². The number of nitrogens with zero attached hydrogens (tertiary/aromatic N) is 1. The molecule has 8 nitrogen and oxygen atoms in total. The normalized spacial score (nSPS) is 16.3. The van der Waals surface area contributed by atoms with E-state index in [9.17, 15) is 9.59 Å². The summed E-state index contributed by atoms with van der Waals surface area (Å²) in [4.78, 5) is 29.1. The highest BCUT2D eigenvalue weighted by Gasteiger charge is 2.38. The molecule has 8 heteroatoms. The lowest BCUT2D eigenvalue weighted by Crippen LogP contribution is -2.46. The lowest BCUT2D eigenvalue weighted by atomic mass is 9.88. The van der Waals surface area contributed by atoms with Gasteiger partial charge in [-0.2, -0.15) is 0 Å². The number of amides is 2. The molecule has 1 saturated carbocycles. The molecule has 0 aliphatic heterocycles. The van der Waals surface area contributed by atoms with E-state index in [-0.39, 0.29) is 0 Å². The van der Waals surface area contributed by atoms with Crippen molar-refractivity contribution in [3.8, 4) is 0 Å². The van der Waals surface area contributed by atoms with E-state index >= 15 is 0 Å². The molecule has 2 amide bonds. The Hall–Kier alpha value is -2.77. The smallest absolute Gasteiger partial charge is 0.414 e. The third-order valence-corrected chi connectivity index (χ3v) is 4.81. The van der Waals surface area contributed by atoms with Crippen molar-refractivity contribution in [3.05, 3.63) is 29.8 Å². The van der Waals surface area contributed by atoms with Gasteiger partial charge < -0.3 is 20.1 Å². The molecule has 1 aliphatic carbocycles. The number of aliphatic imine (C=N–C) groups is 1. The number of hydrogen-bond donors (Lipinski definition) is 3. The summed E-state index contributed by atoms with van der Waals surface area (Å²) in [6, 6.07) is 7.80. The zero-order valence-corrected chi connectivity index (χ0v) is 20.4. The molecule has 178 valence electrons. The van der Waals surface area contributed by atoms with Crippen molar-refractivity contribution in [1.29, 1.82) is 0 Å². The Labute approximate surface area is 191 Å². The number of carbonyl (C=O) groups is 2. The highest BCUT2D eigenvalue weighted by atomic mass is 16.6. The highest BCUT2D eigenvalue weighted by Crippen LogP contribution is 2.39. The van der Waals surface area contributed by atoms with Crippen LogP contribution in [0.5, 0.6) is 0 Å². The van der Waals surface area contributed by atoms with Gasteiger partial charge in [-0.05, 0) is 79.0 Å². The fraction of sp³-hybridized carbons (Fsp3) is 0.625. The first kappa shape index (κ1) is 25.5. The molecule has 0 radical (unpaired) electrons. The van der Waals surface area contributed by atoms with E-state index in [1.165, 1.54) is 0 Å². The molecule has 2 rings (SSSR count). The van der Waals surface area contributed by atoms with Crippen molar-refractivity contribution >= 4 is 23.8 Å². The minimum Gasteiger partial charge on any atom is -0.444 e. The van der Waals surface area contributed by atoms with Gasteiger partial charge in [-0.15, -0.1) is 0 Å². The first-order valence-corrected chi connectivity index (χ1v) is 11.3. The van der Waals surface area contributed by atoms with E-state index in [2.05, 4.69) is 20.9 Å². The molecule has 0 heterocycles. The minimum absolute atomic E-state index is 0.305. The van der Waals surface area contributed by atoms with Crippen molar-refractivity contribution in [3.63, 3.8) is 0 Å². The number of nitrogens with one attached hydrogen (secondary N) is 3. The molecular weight excluding hydrogens is 408 g/mol. The Balaban J connectivity index is 2.20. The molecule has 1 aromatic carbocycles. The zero-order valence-electron chi connectivity index (χ0n) is 20.4. The van der Waals surface area contributed by atoms with Gasteiger partial charge in [-0.1, -0.05) is 25.0 Å². The highest BCUT2D eigenvalue weighted by molar-refractivity contribution is 6.02. The van der Waals surface area contributed by atoms with Crippen LogP contribution in [0.4, 0.5) is 15.3 Å². The maximum absolute atomic E-state index is 12.5. The van der Waals surface area contributed by atoms with Crippen molar-refractivity contribution in [2.24, 2.45) is 4.99 Å².